The highest BCUT2D eigenvalue weighted by Gasteiger charge is 2.13. The number of carbonyl (C=O) groups is 3. The average molecular weight is 303 g/mol. The van der Waals surface area contributed by atoms with Gasteiger partial charge in [0.25, 0.3) is 11.8 Å². The molecule has 0 aromatic heterocycles. The molecule has 0 bridgehead atoms. The third kappa shape index (κ3) is 6.05. The van der Waals surface area contributed by atoms with Crippen molar-refractivity contribution in [2.45, 2.75) is 6.42 Å². The summed E-state index contributed by atoms with van der Waals surface area (Å²) in [7, 11) is 1.52. The van der Waals surface area contributed by atoms with Gasteiger partial charge >= 0.3 is 5.97 Å². The molecule has 116 valence electrons. The van der Waals surface area contributed by atoms with Gasteiger partial charge in [-0.2, -0.15) is 5.26 Å². The summed E-state index contributed by atoms with van der Waals surface area (Å²) in [6.45, 7) is -0.456. The number of hydrogen-bond acceptors (Lipinski definition) is 5. The minimum atomic E-state index is -0.702. The van der Waals surface area contributed by atoms with E-state index in [1.165, 1.54) is 11.9 Å². The molecule has 0 aliphatic carbocycles. The van der Waals surface area contributed by atoms with E-state index in [9.17, 15) is 14.4 Å². The van der Waals surface area contributed by atoms with E-state index in [1.54, 1.807) is 30.3 Å². The highest BCUT2D eigenvalue weighted by Crippen LogP contribution is 1.97. The summed E-state index contributed by atoms with van der Waals surface area (Å²) in [6.07, 6.45) is 0.212. The van der Waals surface area contributed by atoms with Crippen molar-refractivity contribution in [3.05, 3.63) is 35.9 Å². The number of rotatable bonds is 7. The smallest absolute Gasteiger partial charge is 0.325 e. The minimum Gasteiger partial charge on any atom is -0.454 e. The number of carbonyl (C=O) groups excluding carboxylic acids is 3. The van der Waals surface area contributed by atoms with E-state index >= 15 is 0 Å². The first-order valence-corrected chi connectivity index (χ1v) is 6.64. The monoisotopic (exact) mass is 303 g/mol. The van der Waals surface area contributed by atoms with E-state index in [0.29, 0.717) is 5.56 Å². The van der Waals surface area contributed by atoms with Crippen LogP contribution in [0, 0.1) is 11.3 Å². The Morgan fingerprint density at radius 1 is 1.27 bits per heavy atom. The van der Waals surface area contributed by atoms with Crippen LogP contribution in [-0.4, -0.2) is 49.4 Å². The van der Waals surface area contributed by atoms with Crippen LogP contribution in [0.4, 0.5) is 0 Å². The van der Waals surface area contributed by atoms with E-state index in [-0.39, 0.29) is 19.5 Å². The van der Waals surface area contributed by atoms with Gasteiger partial charge < -0.3 is 15.0 Å². The number of esters is 1. The summed E-state index contributed by atoms with van der Waals surface area (Å²) in [5.41, 5.74) is 0.433. The third-order valence-corrected chi connectivity index (χ3v) is 2.77. The Morgan fingerprint density at radius 3 is 2.59 bits per heavy atom. The first kappa shape index (κ1) is 17.2. The van der Waals surface area contributed by atoms with Gasteiger partial charge in [-0.15, -0.1) is 0 Å². The van der Waals surface area contributed by atoms with Gasteiger partial charge in [0.15, 0.2) is 6.61 Å². The fourth-order valence-electron chi connectivity index (χ4n) is 1.49. The lowest BCUT2D eigenvalue weighted by Crippen LogP contribution is -2.35. The molecule has 1 rings (SSSR count). The van der Waals surface area contributed by atoms with Gasteiger partial charge in [0.2, 0.25) is 0 Å². The molecule has 2 amide bonds. The third-order valence-electron chi connectivity index (χ3n) is 2.77. The van der Waals surface area contributed by atoms with Gasteiger partial charge in [0, 0.05) is 19.2 Å². The Balaban J connectivity index is 2.28. The van der Waals surface area contributed by atoms with Crippen molar-refractivity contribution in [3.63, 3.8) is 0 Å². The average Bonchev–Trinajstić information content (AvgIpc) is 2.55. The van der Waals surface area contributed by atoms with Crippen molar-refractivity contribution in [1.29, 1.82) is 5.26 Å². The van der Waals surface area contributed by atoms with E-state index < -0.39 is 24.4 Å². The molecule has 0 unspecified atom stereocenters. The molecule has 0 atom stereocenters. The van der Waals surface area contributed by atoms with E-state index in [4.69, 9.17) is 10.00 Å². The second-order valence-corrected chi connectivity index (χ2v) is 4.43. The predicted octanol–water partition coefficient (Wildman–Crippen LogP) is 0.332. The van der Waals surface area contributed by atoms with Crippen molar-refractivity contribution in [3.8, 4) is 6.07 Å². The van der Waals surface area contributed by atoms with Crippen molar-refractivity contribution >= 4 is 17.8 Å². The molecule has 0 saturated heterocycles. The zero-order valence-corrected chi connectivity index (χ0v) is 12.2. The number of likely N-dealkylation sites (N-methyl/N-ethyl adjacent to an activating group) is 1. The van der Waals surface area contributed by atoms with Gasteiger partial charge in [-0.25, -0.2) is 0 Å². The maximum Gasteiger partial charge on any atom is 0.325 e. The lowest BCUT2D eigenvalue weighted by atomic mass is 10.2. The summed E-state index contributed by atoms with van der Waals surface area (Å²) >= 11 is 0. The van der Waals surface area contributed by atoms with Gasteiger partial charge in [0.1, 0.15) is 6.54 Å². The number of amides is 2. The van der Waals surface area contributed by atoms with Gasteiger partial charge in [-0.3, -0.25) is 14.4 Å². The Labute approximate surface area is 128 Å². The quantitative estimate of drug-likeness (QED) is 0.732. The molecule has 1 aromatic rings. The van der Waals surface area contributed by atoms with Crippen LogP contribution in [-0.2, 0) is 14.3 Å². The molecule has 7 nitrogen and oxygen atoms in total. The van der Waals surface area contributed by atoms with Crippen LogP contribution < -0.4 is 5.32 Å². The van der Waals surface area contributed by atoms with E-state index in [0.717, 1.165) is 0 Å². The normalized spacial score (nSPS) is 9.45. The zero-order chi connectivity index (χ0) is 16.4. The molecule has 22 heavy (non-hydrogen) atoms. The van der Waals surface area contributed by atoms with E-state index in [1.807, 2.05) is 6.07 Å². The molecular formula is C15H17N3O4. The van der Waals surface area contributed by atoms with Crippen LogP contribution in [0.25, 0.3) is 0 Å². The maximum atomic E-state index is 11.7. The number of nitrogens with zero attached hydrogens (tertiary/aromatic N) is 2. The van der Waals surface area contributed by atoms with Crippen LogP contribution >= 0.6 is 0 Å². The maximum absolute atomic E-state index is 11.7. The van der Waals surface area contributed by atoms with Crippen molar-refractivity contribution in [2.24, 2.45) is 0 Å². The highest BCUT2D eigenvalue weighted by molar-refractivity contribution is 5.96. The Hall–Kier alpha value is -2.88. The number of ether oxygens (including phenoxy) is 1. The molecule has 0 aliphatic heterocycles. The molecule has 0 saturated carbocycles. The molecule has 0 radical (unpaired) electrons. The summed E-state index contributed by atoms with van der Waals surface area (Å²) in [5, 5.41) is 10.8. The molecule has 0 spiro atoms. The van der Waals surface area contributed by atoms with Crippen molar-refractivity contribution in [2.75, 3.05) is 26.7 Å². The second kappa shape index (κ2) is 9.13. The lowest BCUT2D eigenvalue weighted by Gasteiger charge is -2.15. The number of benzene rings is 1. The lowest BCUT2D eigenvalue weighted by molar-refractivity contribution is -0.150. The molecule has 1 aromatic carbocycles. The summed E-state index contributed by atoms with van der Waals surface area (Å²) in [6, 6.07) is 10.4. The van der Waals surface area contributed by atoms with E-state index in [2.05, 4.69) is 5.32 Å². The van der Waals surface area contributed by atoms with Gasteiger partial charge in [0.05, 0.1) is 12.5 Å². The molecule has 0 aliphatic rings. The topological polar surface area (TPSA) is 99.5 Å². The SMILES string of the molecule is CN(CCC#N)C(=O)COC(=O)CNC(=O)c1ccccc1. The highest BCUT2D eigenvalue weighted by atomic mass is 16.5. The first-order chi connectivity index (χ1) is 10.5. The fourth-order valence-corrected chi connectivity index (χ4v) is 1.49. The largest absolute Gasteiger partial charge is 0.454 e. The van der Waals surface area contributed by atoms with Crippen LogP contribution in [0.15, 0.2) is 30.3 Å². The summed E-state index contributed by atoms with van der Waals surface area (Å²) < 4.78 is 4.76. The number of hydrogen-bond donors (Lipinski definition) is 1. The van der Waals surface area contributed by atoms with Gasteiger partial charge in [-0.05, 0) is 12.1 Å². The van der Waals surface area contributed by atoms with Crippen molar-refractivity contribution in [1.82, 2.24) is 10.2 Å². The molecular weight excluding hydrogens is 286 g/mol. The molecule has 1 N–H and O–H groups in total. The Morgan fingerprint density at radius 2 is 1.95 bits per heavy atom. The molecule has 7 heteroatoms. The van der Waals surface area contributed by atoms with Crippen LogP contribution in [0.2, 0.25) is 0 Å². The molecule has 0 heterocycles. The first-order valence-electron chi connectivity index (χ1n) is 6.64. The fraction of sp³-hybridized carbons (Fsp3) is 0.333. The Kier molecular flexibility index (Phi) is 7.13. The van der Waals surface area contributed by atoms with Crippen LogP contribution in [0.5, 0.6) is 0 Å². The number of nitriles is 1. The number of nitrogens with one attached hydrogen (secondary N) is 1. The van der Waals surface area contributed by atoms with Crippen LogP contribution in [0.1, 0.15) is 16.8 Å². The minimum absolute atomic E-state index is 0.212. The summed E-state index contributed by atoms with van der Waals surface area (Å²) in [4.78, 5) is 36.0. The molecule has 0 fully saturated rings. The second-order valence-electron chi connectivity index (χ2n) is 4.43. The zero-order valence-electron chi connectivity index (χ0n) is 12.2. The van der Waals surface area contributed by atoms with Crippen molar-refractivity contribution < 1.29 is 19.1 Å². The Bertz CT molecular complexity index is 566. The van der Waals surface area contributed by atoms with Crippen LogP contribution in [0.3, 0.4) is 0 Å². The summed E-state index contributed by atoms with van der Waals surface area (Å²) in [5.74, 6) is -1.50. The van der Waals surface area contributed by atoms with Gasteiger partial charge in [-0.1, -0.05) is 18.2 Å². The predicted molar refractivity (Wildman–Crippen MR) is 77.6 cm³/mol. The standard InChI is InChI=1S/C15H17N3O4/c1-18(9-5-8-16)13(19)11-22-14(20)10-17-15(21)12-6-3-2-4-7-12/h2-4,6-7H,5,9-11H2,1H3,(H,17,21).